The fourth-order valence-electron chi connectivity index (χ4n) is 1.99. The molecule has 17 heavy (non-hydrogen) atoms. The van der Waals surface area contributed by atoms with Crippen molar-refractivity contribution >= 4 is 0 Å². The molecule has 0 fully saturated rings. The van der Waals surface area contributed by atoms with Gasteiger partial charge in [0.2, 0.25) is 0 Å². The van der Waals surface area contributed by atoms with Crippen molar-refractivity contribution in [2.45, 2.75) is 26.7 Å². The van der Waals surface area contributed by atoms with Gasteiger partial charge in [0, 0.05) is 19.6 Å². The summed E-state index contributed by atoms with van der Waals surface area (Å²) in [7, 11) is 0. The van der Waals surface area contributed by atoms with Gasteiger partial charge in [-0.3, -0.25) is 0 Å². The van der Waals surface area contributed by atoms with Crippen LogP contribution in [0.15, 0.2) is 30.3 Å². The minimum atomic E-state index is 0.591. The number of likely N-dealkylation sites (N-methyl/N-ethyl adjacent to an activating group) is 1. The molecule has 0 amide bonds. The minimum absolute atomic E-state index is 0.591. The Morgan fingerprint density at radius 2 is 1.76 bits per heavy atom. The summed E-state index contributed by atoms with van der Waals surface area (Å²) >= 11 is 0. The van der Waals surface area contributed by atoms with Crippen LogP contribution < -0.4 is 5.32 Å². The smallest absolute Gasteiger partial charge is 0.0107 e. The predicted molar refractivity (Wildman–Crippen MR) is 75.5 cm³/mol. The van der Waals surface area contributed by atoms with Gasteiger partial charge in [-0.25, -0.2) is 0 Å². The van der Waals surface area contributed by atoms with Gasteiger partial charge in [-0.15, -0.1) is 0 Å². The molecule has 0 radical (unpaired) electrons. The van der Waals surface area contributed by atoms with Crippen LogP contribution in [0, 0.1) is 0 Å². The number of nitrogens with zero attached hydrogens (tertiary/aromatic N) is 1. The molecule has 0 saturated heterocycles. The van der Waals surface area contributed by atoms with Crippen LogP contribution in [0.2, 0.25) is 0 Å². The molecule has 0 spiro atoms. The number of hydrogen-bond donors (Lipinski definition) is 1. The average Bonchev–Trinajstić information content (AvgIpc) is 2.40. The molecule has 1 atom stereocenters. The molecule has 0 aromatic heterocycles. The lowest BCUT2D eigenvalue weighted by atomic mass is 10.0. The summed E-state index contributed by atoms with van der Waals surface area (Å²) < 4.78 is 0. The third kappa shape index (κ3) is 5.33. The maximum Gasteiger partial charge on any atom is 0.0107 e. The third-order valence-corrected chi connectivity index (χ3v) is 3.32. The first kappa shape index (κ1) is 14.2. The molecule has 2 heteroatoms. The van der Waals surface area contributed by atoms with Gasteiger partial charge in [-0.1, -0.05) is 51.1 Å². The molecule has 2 nitrogen and oxygen atoms in total. The van der Waals surface area contributed by atoms with Crippen molar-refractivity contribution in [3.8, 4) is 0 Å². The SMILES string of the molecule is CCN(CC)CCNCC(C)c1ccccc1. The Morgan fingerprint density at radius 1 is 1.12 bits per heavy atom. The van der Waals surface area contributed by atoms with E-state index in [2.05, 4.69) is 61.3 Å². The fraction of sp³-hybridized carbons (Fsp3) is 0.600. The molecule has 1 unspecified atom stereocenters. The summed E-state index contributed by atoms with van der Waals surface area (Å²) in [6.07, 6.45) is 0. The number of rotatable bonds is 8. The van der Waals surface area contributed by atoms with E-state index in [1.807, 2.05) is 0 Å². The first-order valence-corrected chi connectivity index (χ1v) is 6.75. The van der Waals surface area contributed by atoms with E-state index in [9.17, 15) is 0 Å². The van der Waals surface area contributed by atoms with Gasteiger partial charge in [0.15, 0.2) is 0 Å². The lowest BCUT2D eigenvalue weighted by molar-refractivity contribution is 0.302. The van der Waals surface area contributed by atoms with Crippen molar-refractivity contribution in [1.82, 2.24) is 10.2 Å². The third-order valence-electron chi connectivity index (χ3n) is 3.32. The van der Waals surface area contributed by atoms with Crippen molar-refractivity contribution < 1.29 is 0 Å². The topological polar surface area (TPSA) is 15.3 Å². The lowest BCUT2D eigenvalue weighted by Gasteiger charge is -2.19. The summed E-state index contributed by atoms with van der Waals surface area (Å²) in [5.41, 5.74) is 1.42. The Labute approximate surface area is 106 Å². The van der Waals surface area contributed by atoms with Crippen molar-refractivity contribution in [3.05, 3.63) is 35.9 Å². The summed E-state index contributed by atoms with van der Waals surface area (Å²) in [4.78, 5) is 2.44. The van der Waals surface area contributed by atoms with Crippen LogP contribution in [0.25, 0.3) is 0 Å². The van der Waals surface area contributed by atoms with Gasteiger partial charge in [0.25, 0.3) is 0 Å². The maximum absolute atomic E-state index is 3.54. The van der Waals surface area contributed by atoms with E-state index in [1.165, 1.54) is 5.56 Å². The highest BCUT2D eigenvalue weighted by molar-refractivity contribution is 5.18. The van der Waals surface area contributed by atoms with E-state index in [0.717, 1.165) is 32.7 Å². The molecular weight excluding hydrogens is 208 g/mol. The van der Waals surface area contributed by atoms with E-state index in [1.54, 1.807) is 0 Å². The lowest BCUT2D eigenvalue weighted by Crippen LogP contribution is -2.33. The Bertz CT molecular complexity index is 280. The highest BCUT2D eigenvalue weighted by atomic mass is 15.1. The molecule has 1 aromatic rings. The molecule has 0 bridgehead atoms. The van der Waals surface area contributed by atoms with Gasteiger partial charge in [0.05, 0.1) is 0 Å². The number of benzene rings is 1. The van der Waals surface area contributed by atoms with Crippen LogP contribution in [-0.4, -0.2) is 37.6 Å². The van der Waals surface area contributed by atoms with Crippen LogP contribution in [-0.2, 0) is 0 Å². The van der Waals surface area contributed by atoms with E-state index >= 15 is 0 Å². The second-order valence-electron chi connectivity index (χ2n) is 4.54. The van der Waals surface area contributed by atoms with E-state index in [4.69, 9.17) is 0 Å². The molecule has 96 valence electrons. The van der Waals surface area contributed by atoms with Crippen molar-refractivity contribution in [2.75, 3.05) is 32.7 Å². The van der Waals surface area contributed by atoms with Gasteiger partial charge in [0.1, 0.15) is 0 Å². The maximum atomic E-state index is 3.54. The minimum Gasteiger partial charge on any atom is -0.315 e. The Kier molecular flexibility index (Phi) is 6.90. The largest absolute Gasteiger partial charge is 0.315 e. The normalized spacial score (nSPS) is 12.9. The second kappa shape index (κ2) is 8.26. The van der Waals surface area contributed by atoms with Crippen LogP contribution in [0.4, 0.5) is 0 Å². The van der Waals surface area contributed by atoms with Gasteiger partial charge >= 0.3 is 0 Å². The molecule has 1 N–H and O–H groups in total. The molecular formula is C15H26N2. The molecule has 1 aromatic carbocycles. The first-order valence-electron chi connectivity index (χ1n) is 6.75. The first-order chi connectivity index (χ1) is 8.27. The Hall–Kier alpha value is -0.860. The zero-order valence-corrected chi connectivity index (χ0v) is 11.4. The highest BCUT2D eigenvalue weighted by Crippen LogP contribution is 2.12. The summed E-state index contributed by atoms with van der Waals surface area (Å²) in [6.45, 7) is 12.3. The molecule has 0 aliphatic rings. The van der Waals surface area contributed by atoms with Gasteiger partial charge in [-0.05, 0) is 24.6 Å². The average molecular weight is 234 g/mol. The number of hydrogen-bond acceptors (Lipinski definition) is 2. The fourth-order valence-corrected chi connectivity index (χ4v) is 1.99. The summed E-state index contributed by atoms with van der Waals surface area (Å²) in [5.74, 6) is 0.591. The van der Waals surface area contributed by atoms with Crippen LogP contribution in [0.5, 0.6) is 0 Å². The Morgan fingerprint density at radius 3 is 2.35 bits per heavy atom. The molecule has 0 aliphatic carbocycles. The molecule has 0 aliphatic heterocycles. The van der Waals surface area contributed by atoms with E-state index < -0.39 is 0 Å². The second-order valence-corrected chi connectivity index (χ2v) is 4.54. The van der Waals surface area contributed by atoms with Gasteiger partial charge in [-0.2, -0.15) is 0 Å². The zero-order valence-electron chi connectivity index (χ0n) is 11.4. The molecule has 0 heterocycles. The van der Waals surface area contributed by atoms with Gasteiger partial charge < -0.3 is 10.2 Å². The number of nitrogens with one attached hydrogen (secondary N) is 1. The quantitative estimate of drug-likeness (QED) is 0.696. The standard InChI is InChI=1S/C15H26N2/c1-4-17(5-2)12-11-16-13-14(3)15-9-7-6-8-10-15/h6-10,14,16H,4-5,11-13H2,1-3H3. The van der Waals surface area contributed by atoms with Crippen molar-refractivity contribution in [1.29, 1.82) is 0 Å². The molecule has 1 rings (SSSR count). The Balaban J connectivity index is 2.19. The van der Waals surface area contributed by atoms with Crippen molar-refractivity contribution in [2.24, 2.45) is 0 Å². The monoisotopic (exact) mass is 234 g/mol. The van der Waals surface area contributed by atoms with Crippen LogP contribution >= 0.6 is 0 Å². The van der Waals surface area contributed by atoms with E-state index in [-0.39, 0.29) is 0 Å². The van der Waals surface area contributed by atoms with Crippen molar-refractivity contribution in [3.63, 3.8) is 0 Å². The summed E-state index contributed by atoms with van der Waals surface area (Å²) in [6, 6.07) is 10.7. The zero-order chi connectivity index (χ0) is 12.5. The van der Waals surface area contributed by atoms with E-state index in [0.29, 0.717) is 5.92 Å². The van der Waals surface area contributed by atoms with Crippen LogP contribution in [0.1, 0.15) is 32.3 Å². The molecule has 0 saturated carbocycles. The summed E-state index contributed by atoms with van der Waals surface area (Å²) in [5, 5.41) is 3.54. The van der Waals surface area contributed by atoms with Crippen LogP contribution in [0.3, 0.4) is 0 Å². The predicted octanol–water partition coefficient (Wildman–Crippen LogP) is 2.72. The highest BCUT2D eigenvalue weighted by Gasteiger charge is 2.04.